The molecule has 4 heteroatoms. The maximum absolute atomic E-state index is 9.34. The maximum atomic E-state index is 9.34. The summed E-state index contributed by atoms with van der Waals surface area (Å²) in [6.45, 7) is 7.64. The molecule has 2 aromatic rings. The van der Waals surface area contributed by atoms with Gasteiger partial charge in [0.1, 0.15) is 0 Å². The van der Waals surface area contributed by atoms with E-state index in [9.17, 15) is 5.26 Å². The Morgan fingerprint density at radius 1 is 1.06 bits per heavy atom. The van der Waals surface area contributed by atoms with E-state index in [0.29, 0.717) is 0 Å². The van der Waals surface area contributed by atoms with Gasteiger partial charge in [0.2, 0.25) is 0 Å². The smallest absolute Gasteiger partial charge is 0.0991 e. The summed E-state index contributed by atoms with van der Waals surface area (Å²) in [4.78, 5) is 2.60. The van der Waals surface area contributed by atoms with Crippen LogP contribution >= 0.6 is 9.21 Å². The second-order valence-electron chi connectivity index (χ2n) is 10.5. The van der Waals surface area contributed by atoms with Crippen molar-refractivity contribution >= 4 is 26.6 Å². The molecule has 5 rings (SSSR count). The second-order valence-corrected chi connectivity index (χ2v) is 13.8. The molecule has 2 fully saturated rings. The van der Waals surface area contributed by atoms with Crippen molar-refractivity contribution in [2.45, 2.75) is 48.7 Å². The van der Waals surface area contributed by atoms with E-state index in [1.54, 1.807) is 0 Å². The number of benzene rings is 2. The summed E-state index contributed by atoms with van der Waals surface area (Å²) in [6, 6.07) is 17.6. The molecular formula is C29H35N3S. The van der Waals surface area contributed by atoms with Gasteiger partial charge in [-0.05, 0) is 99.3 Å². The van der Waals surface area contributed by atoms with Crippen molar-refractivity contribution in [2.75, 3.05) is 31.2 Å². The Balaban J connectivity index is 1.16. The van der Waals surface area contributed by atoms with E-state index in [-0.39, 0.29) is 10.2 Å². The van der Waals surface area contributed by atoms with E-state index in [4.69, 9.17) is 0 Å². The molecule has 2 aliphatic heterocycles. The first kappa shape index (κ1) is 22.3. The predicted molar refractivity (Wildman–Crippen MR) is 145 cm³/mol. The van der Waals surface area contributed by atoms with Crippen LogP contribution in [0, 0.1) is 11.3 Å². The molecule has 0 amide bonds. The molecule has 0 radical (unpaired) electrons. The third-order valence-electron chi connectivity index (χ3n) is 8.30. The number of fused-ring (bicyclic) bond motifs is 2. The lowest BCUT2D eigenvalue weighted by Gasteiger charge is -2.40. The van der Waals surface area contributed by atoms with Crippen LogP contribution in [0.3, 0.4) is 0 Å². The lowest BCUT2D eigenvalue weighted by atomic mass is 9.72. The lowest BCUT2D eigenvalue weighted by Crippen LogP contribution is -2.43. The highest BCUT2D eigenvalue weighted by molar-refractivity contribution is 8.28. The fourth-order valence-electron chi connectivity index (χ4n) is 5.95. The molecule has 1 spiro atoms. The molecule has 0 aromatic heterocycles. The molecule has 1 N–H and O–H groups in total. The van der Waals surface area contributed by atoms with Crippen LogP contribution in [0.1, 0.15) is 54.4 Å². The first-order valence-corrected chi connectivity index (χ1v) is 14.4. The zero-order chi connectivity index (χ0) is 23.3. The van der Waals surface area contributed by atoms with Crippen molar-refractivity contribution in [1.29, 1.82) is 5.26 Å². The normalized spacial score (nSPS) is 20.8. The van der Waals surface area contributed by atoms with Gasteiger partial charge in [-0.1, -0.05) is 42.6 Å². The Bertz CT molecular complexity index is 1220. The fraction of sp³-hybridized carbons (Fsp3) is 0.414. The monoisotopic (exact) mass is 457 g/mol. The van der Waals surface area contributed by atoms with Crippen LogP contribution in [0.25, 0.3) is 0 Å². The average molecular weight is 458 g/mol. The van der Waals surface area contributed by atoms with Crippen molar-refractivity contribution in [2.24, 2.45) is 0 Å². The van der Waals surface area contributed by atoms with Gasteiger partial charge in [-0.25, -0.2) is 9.21 Å². The van der Waals surface area contributed by atoms with Gasteiger partial charge in [0.05, 0.1) is 11.6 Å². The summed E-state index contributed by atoms with van der Waals surface area (Å²) in [7, 11) is -1.06. The van der Waals surface area contributed by atoms with Crippen LogP contribution in [0.4, 0.5) is 5.69 Å². The number of piperidine rings is 1. The van der Waals surface area contributed by atoms with Crippen LogP contribution in [0.5, 0.6) is 0 Å². The molecule has 2 heterocycles. The molecular weight excluding hydrogens is 422 g/mol. The van der Waals surface area contributed by atoms with E-state index >= 15 is 0 Å². The van der Waals surface area contributed by atoms with Gasteiger partial charge in [0, 0.05) is 21.5 Å². The number of likely N-dealkylation sites (tertiary alicyclic amines) is 1. The van der Waals surface area contributed by atoms with Crippen LogP contribution in [-0.2, 0) is 16.6 Å². The SMILES string of the molecule is C=C1Nc2ccc(C#N)cc2C12CCN(CCCc1ccc(C3(S(=C)(=C)C)CC3)cc1)CC2. The van der Waals surface area contributed by atoms with E-state index in [0.717, 1.165) is 55.8 Å². The number of nitrogens with one attached hydrogen (secondary N) is 1. The van der Waals surface area contributed by atoms with Crippen molar-refractivity contribution in [3.05, 3.63) is 77.0 Å². The van der Waals surface area contributed by atoms with Gasteiger partial charge in [0.15, 0.2) is 0 Å². The topological polar surface area (TPSA) is 39.1 Å². The minimum absolute atomic E-state index is 0.0218. The van der Waals surface area contributed by atoms with Crippen LogP contribution in [0.2, 0.25) is 0 Å². The molecule has 3 nitrogen and oxygen atoms in total. The van der Waals surface area contributed by atoms with Crippen LogP contribution < -0.4 is 5.32 Å². The Labute approximate surface area is 199 Å². The van der Waals surface area contributed by atoms with Gasteiger partial charge >= 0.3 is 0 Å². The number of allylic oxidation sites excluding steroid dienone is 1. The predicted octanol–water partition coefficient (Wildman–Crippen LogP) is 5.75. The van der Waals surface area contributed by atoms with Crippen LogP contribution in [0.15, 0.2) is 54.7 Å². The minimum Gasteiger partial charge on any atom is -0.358 e. The number of hydrogen-bond donors (Lipinski definition) is 1. The van der Waals surface area contributed by atoms with Gasteiger partial charge in [-0.2, -0.15) is 5.26 Å². The molecule has 33 heavy (non-hydrogen) atoms. The summed E-state index contributed by atoms with van der Waals surface area (Å²) >= 11 is 0. The molecule has 0 unspecified atom stereocenters. The van der Waals surface area contributed by atoms with E-state index < -0.39 is 9.21 Å². The first-order valence-electron chi connectivity index (χ1n) is 12.0. The third kappa shape index (κ3) is 3.82. The van der Waals surface area contributed by atoms with E-state index in [1.807, 2.05) is 12.1 Å². The Kier molecular flexibility index (Phi) is 5.46. The largest absolute Gasteiger partial charge is 0.358 e. The Hall–Kier alpha value is -2.48. The van der Waals surface area contributed by atoms with Gasteiger partial charge in [0.25, 0.3) is 0 Å². The van der Waals surface area contributed by atoms with Gasteiger partial charge in [-0.3, -0.25) is 0 Å². The Morgan fingerprint density at radius 3 is 2.36 bits per heavy atom. The number of aryl methyl sites for hydroxylation is 1. The molecule has 1 saturated heterocycles. The Morgan fingerprint density at radius 2 is 1.76 bits per heavy atom. The zero-order valence-electron chi connectivity index (χ0n) is 19.8. The number of nitrogens with zero attached hydrogens (tertiary/aromatic N) is 2. The number of nitriles is 1. The number of rotatable bonds is 6. The molecule has 1 saturated carbocycles. The highest BCUT2D eigenvalue weighted by Crippen LogP contribution is 2.61. The quantitative estimate of drug-likeness (QED) is 0.561. The summed E-state index contributed by atoms with van der Waals surface area (Å²) in [5.74, 6) is 8.80. The number of anilines is 1. The van der Waals surface area contributed by atoms with Gasteiger partial charge < -0.3 is 10.2 Å². The molecule has 172 valence electrons. The minimum atomic E-state index is -1.06. The van der Waals surface area contributed by atoms with E-state index in [2.05, 4.69) is 71.2 Å². The standard InChI is InChI=1S/C29H35N3S/c1-22-28(26-20-24(21-30)9-12-27(26)31-22)15-18-32(19-16-28)17-5-6-23-7-10-25(11-8-23)29(13-14-29)33(2,3)4/h7-12,20,31H,1-3,5-6,13-19H2,4H3. The third-order valence-corrected chi connectivity index (χ3v) is 10.8. The molecule has 3 aliphatic rings. The average Bonchev–Trinajstić information content (AvgIpc) is 3.58. The highest BCUT2D eigenvalue weighted by atomic mass is 32.2. The summed E-state index contributed by atoms with van der Waals surface area (Å²) in [5, 5.41) is 12.8. The fourth-order valence-corrected chi connectivity index (χ4v) is 7.75. The van der Waals surface area contributed by atoms with E-state index in [1.165, 1.54) is 36.0 Å². The molecule has 2 aromatic carbocycles. The number of hydrogen-bond acceptors (Lipinski definition) is 3. The summed E-state index contributed by atoms with van der Waals surface area (Å²) in [5.41, 5.74) is 7.09. The first-order chi connectivity index (χ1) is 15.8. The van der Waals surface area contributed by atoms with Gasteiger partial charge in [-0.15, -0.1) is 0 Å². The van der Waals surface area contributed by atoms with Crippen molar-refractivity contribution in [3.8, 4) is 6.07 Å². The van der Waals surface area contributed by atoms with Crippen LogP contribution in [-0.4, -0.2) is 42.5 Å². The molecule has 0 bridgehead atoms. The molecule has 0 atom stereocenters. The summed E-state index contributed by atoms with van der Waals surface area (Å²) in [6.07, 6.45) is 9.16. The second kappa shape index (κ2) is 8.08. The summed E-state index contributed by atoms with van der Waals surface area (Å²) < 4.78 is 0.265. The molecule has 1 aliphatic carbocycles. The lowest BCUT2D eigenvalue weighted by molar-refractivity contribution is 0.179. The van der Waals surface area contributed by atoms with Crippen molar-refractivity contribution in [3.63, 3.8) is 0 Å². The zero-order valence-corrected chi connectivity index (χ0v) is 20.6. The highest BCUT2D eigenvalue weighted by Gasteiger charge is 2.46. The van der Waals surface area contributed by atoms with Crippen molar-refractivity contribution in [1.82, 2.24) is 4.90 Å². The maximum Gasteiger partial charge on any atom is 0.0991 e. The van der Waals surface area contributed by atoms with Crippen molar-refractivity contribution < 1.29 is 0 Å².